The van der Waals surface area contributed by atoms with E-state index in [1.54, 1.807) is 24.3 Å². The maximum atomic E-state index is 11.0. The number of anilines is 1. The molecule has 2 aromatic heterocycles. The summed E-state index contributed by atoms with van der Waals surface area (Å²) in [6.07, 6.45) is 3.32. The zero-order valence-electron chi connectivity index (χ0n) is 15.9. The minimum Gasteiger partial charge on any atom is -0.478 e. The van der Waals surface area contributed by atoms with Crippen molar-refractivity contribution in [1.29, 1.82) is 0 Å². The van der Waals surface area contributed by atoms with E-state index in [9.17, 15) is 4.79 Å². The van der Waals surface area contributed by atoms with Crippen LogP contribution < -0.4 is 5.32 Å². The number of aromatic nitrogens is 3. The van der Waals surface area contributed by atoms with Crippen LogP contribution in [0.4, 0.5) is 5.82 Å². The molecule has 1 unspecified atom stereocenters. The van der Waals surface area contributed by atoms with E-state index in [-0.39, 0.29) is 11.5 Å². The van der Waals surface area contributed by atoms with E-state index < -0.39 is 5.97 Å². The van der Waals surface area contributed by atoms with Crippen LogP contribution in [0.1, 0.15) is 28.8 Å². The molecule has 0 aliphatic carbocycles. The summed E-state index contributed by atoms with van der Waals surface area (Å²) < 4.78 is 0. The van der Waals surface area contributed by atoms with Crippen LogP contribution in [0.2, 0.25) is 0 Å². The average Bonchev–Trinajstić information content (AvgIpc) is 2.77. The van der Waals surface area contributed by atoms with Gasteiger partial charge in [0.2, 0.25) is 0 Å². The summed E-state index contributed by atoms with van der Waals surface area (Å²) >= 11 is 0. The van der Waals surface area contributed by atoms with Crippen LogP contribution in [0.3, 0.4) is 0 Å². The summed E-state index contributed by atoms with van der Waals surface area (Å²) in [7, 11) is 0. The van der Waals surface area contributed by atoms with Gasteiger partial charge in [-0.15, -0.1) is 0 Å². The molecule has 0 aliphatic rings. The van der Waals surface area contributed by atoms with E-state index in [0.717, 1.165) is 28.0 Å². The van der Waals surface area contributed by atoms with E-state index in [4.69, 9.17) is 5.11 Å². The fraction of sp³-hybridized carbons (Fsp3) is 0.130. The molecule has 2 heterocycles. The van der Waals surface area contributed by atoms with E-state index >= 15 is 0 Å². The molecular weight excluding hydrogens is 364 g/mol. The van der Waals surface area contributed by atoms with Crippen LogP contribution in [-0.4, -0.2) is 32.6 Å². The van der Waals surface area contributed by atoms with E-state index in [2.05, 4.69) is 51.5 Å². The number of nitrogens with zero attached hydrogens (tertiary/aromatic N) is 3. The molecule has 29 heavy (non-hydrogen) atoms. The Morgan fingerprint density at radius 2 is 1.83 bits per heavy atom. The van der Waals surface area contributed by atoms with Gasteiger partial charge in [0.25, 0.3) is 0 Å². The van der Waals surface area contributed by atoms with Crippen molar-refractivity contribution in [3.63, 3.8) is 0 Å². The number of fused-ring (bicyclic) bond motifs is 1. The van der Waals surface area contributed by atoms with E-state index in [1.165, 1.54) is 11.9 Å². The smallest absolute Gasteiger partial charge is 0.335 e. The van der Waals surface area contributed by atoms with Gasteiger partial charge < -0.3 is 10.4 Å². The minimum absolute atomic E-state index is 0.238. The fourth-order valence-electron chi connectivity index (χ4n) is 3.29. The number of para-hydroxylation sites is 1. The second kappa shape index (κ2) is 8.06. The maximum Gasteiger partial charge on any atom is 0.335 e. The third-order valence-electron chi connectivity index (χ3n) is 4.88. The Labute approximate surface area is 168 Å². The monoisotopic (exact) mass is 384 g/mol. The first-order valence-corrected chi connectivity index (χ1v) is 9.35. The zero-order valence-corrected chi connectivity index (χ0v) is 15.9. The predicted octanol–water partition coefficient (Wildman–Crippen LogP) is 4.61. The van der Waals surface area contributed by atoms with Gasteiger partial charge in [-0.2, -0.15) is 0 Å². The molecule has 0 amide bonds. The lowest BCUT2D eigenvalue weighted by Crippen LogP contribution is -2.11. The van der Waals surface area contributed by atoms with Crippen molar-refractivity contribution >= 4 is 22.7 Å². The quantitative estimate of drug-likeness (QED) is 0.505. The van der Waals surface area contributed by atoms with Gasteiger partial charge in [0.15, 0.2) is 0 Å². The average molecular weight is 384 g/mol. The normalized spacial score (nSPS) is 11.9. The summed E-state index contributed by atoms with van der Waals surface area (Å²) in [5, 5.41) is 13.5. The summed E-state index contributed by atoms with van der Waals surface area (Å²) in [5.41, 5.74) is 4.03. The molecule has 2 aromatic carbocycles. The van der Waals surface area contributed by atoms with Gasteiger partial charge in [-0.25, -0.2) is 14.8 Å². The number of rotatable bonds is 6. The molecule has 4 aromatic rings. The van der Waals surface area contributed by atoms with Crippen LogP contribution in [0.25, 0.3) is 22.2 Å². The van der Waals surface area contributed by atoms with Crippen molar-refractivity contribution in [3.8, 4) is 11.3 Å². The molecule has 144 valence electrons. The molecule has 0 bridgehead atoms. The second-order valence-electron chi connectivity index (χ2n) is 6.88. The Bertz CT molecular complexity index is 1150. The zero-order chi connectivity index (χ0) is 20.2. The number of carboxylic acids is 1. The summed E-state index contributed by atoms with van der Waals surface area (Å²) in [4.78, 5) is 24.2. The van der Waals surface area contributed by atoms with Crippen LogP contribution in [0.15, 0.2) is 73.2 Å². The minimum atomic E-state index is -0.946. The molecule has 6 nitrogen and oxygen atoms in total. The molecule has 4 rings (SSSR count). The van der Waals surface area contributed by atoms with Crippen LogP contribution >= 0.6 is 0 Å². The Kier molecular flexibility index (Phi) is 5.16. The molecule has 0 saturated heterocycles. The summed E-state index contributed by atoms with van der Waals surface area (Å²) in [5.74, 6) is 0.0118. The summed E-state index contributed by atoms with van der Waals surface area (Å²) in [6.45, 7) is 2.85. The van der Waals surface area contributed by atoms with Gasteiger partial charge in [0.05, 0.1) is 16.8 Å². The Hall–Kier alpha value is -3.80. The number of hydrogen-bond acceptors (Lipinski definition) is 5. The number of aromatic carboxylic acids is 1. The topological polar surface area (TPSA) is 88.0 Å². The van der Waals surface area contributed by atoms with Crippen LogP contribution in [0.5, 0.6) is 0 Å². The molecule has 0 radical (unpaired) electrons. The SMILES string of the molecule is CC(CNc1cc(-c2ccc(C(=O)O)cc2)ncn1)c1cccc2cccnc12. The Morgan fingerprint density at radius 1 is 1.03 bits per heavy atom. The largest absolute Gasteiger partial charge is 0.478 e. The lowest BCUT2D eigenvalue weighted by Gasteiger charge is -2.15. The molecule has 0 saturated carbocycles. The molecule has 0 aliphatic heterocycles. The van der Waals surface area contributed by atoms with E-state index in [1.807, 2.05) is 18.3 Å². The number of benzene rings is 2. The van der Waals surface area contributed by atoms with E-state index in [0.29, 0.717) is 6.54 Å². The first-order valence-electron chi connectivity index (χ1n) is 9.35. The lowest BCUT2D eigenvalue weighted by atomic mass is 9.98. The van der Waals surface area contributed by atoms with Gasteiger partial charge in [-0.1, -0.05) is 43.3 Å². The van der Waals surface area contributed by atoms with Crippen molar-refractivity contribution in [3.05, 3.63) is 84.3 Å². The van der Waals surface area contributed by atoms with Gasteiger partial charge >= 0.3 is 5.97 Å². The first kappa shape index (κ1) is 18.6. The predicted molar refractivity (Wildman–Crippen MR) is 113 cm³/mol. The molecule has 6 heteroatoms. The van der Waals surface area contributed by atoms with Crippen molar-refractivity contribution in [2.24, 2.45) is 0 Å². The highest BCUT2D eigenvalue weighted by molar-refractivity contribution is 5.88. The van der Waals surface area contributed by atoms with Gasteiger partial charge in [0.1, 0.15) is 12.1 Å². The second-order valence-corrected chi connectivity index (χ2v) is 6.88. The lowest BCUT2D eigenvalue weighted by molar-refractivity contribution is 0.0697. The van der Waals surface area contributed by atoms with Crippen LogP contribution in [0, 0.1) is 0 Å². The van der Waals surface area contributed by atoms with Gasteiger partial charge in [-0.05, 0) is 23.8 Å². The number of carbonyl (C=O) groups is 1. The Morgan fingerprint density at radius 3 is 2.62 bits per heavy atom. The summed E-state index contributed by atoms with van der Waals surface area (Å²) in [6, 6.07) is 18.8. The van der Waals surface area contributed by atoms with Crippen molar-refractivity contribution in [1.82, 2.24) is 15.0 Å². The molecular formula is C23H20N4O2. The molecule has 0 fully saturated rings. The Balaban J connectivity index is 1.50. The third-order valence-corrected chi connectivity index (χ3v) is 4.88. The van der Waals surface area contributed by atoms with Crippen LogP contribution in [-0.2, 0) is 0 Å². The number of carboxylic acid groups (broad SMARTS) is 1. The molecule has 1 atom stereocenters. The highest BCUT2D eigenvalue weighted by Gasteiger charge is 2.11. The van der Waals surface area contributed by atoms with Gasteiger partial charge in [0, 0.05) is 35.7 Å². The highest BCUT2D eigenvalue weighted by atomic mass is 16.4. The molecule has 0 spiro atoms. The fourth-order valence-corrected chi connectivity index (χ4v) is 3.29. The third kappa shape index (κ3) is 4.06. The van der Waals surface area contributed by atoms with Gasteiger partial charge in [-0.3, -0.25) is 4.98 Å². The maximum absolute atomic E-state index is 11.0. The molecule has 2 N–H and O–H groups in total. The van der Waals surface area contributed by atoms with Crippen molar-refractivity contribution in [2.75, 3.05) is 11.9 Å². The number of hydrogen-bond donors (Lipinski definition) is 2. The van der Waals surface area contributed by atoms with Crippen molar-refractivity contribution < 1.29 is 9.90 Å². The standard InChI is InChI=1S/C23H20N4O2/c1-15(19-6-2-4-17-5-3-11-24-22(17)19)13-25-21-12-20(26-14-27-21)16-7-9-18(10-8-16)23(28)29/h2-12,14-15H,13H2,1H3,(H,28,29)(H,25,26,27). The number of pyridine rings is 1. The highest BCUT2D eigenvalue weighted by Crippen LogP contribution is 2.25. The van der Waals surface area contributed by atoms with Crippen molar-refractivity contribution in [2.45, 2.75) is 12.8 Å². The number of nitrogens with one attached hydrogen (secondary N) is 1. The first-order chi connectivity index (χ1) is 14.1.